The second-order valence-corrected chi connectivity index (χ2v) is 4.37. The Morgan fingerprint density at radius 3 is 2.83 bits per heavy atom. The maximum absolute atomic E-state index is 6.08. The van der Waals surface area contributed by atoms with Crippen molar-refractivity contribution in [3.05, 3.63) is 59.2 Å². The molecule has 0 spiro atoms. The van der Waals surface area contributed by atoms with Crippen LogP contribution in [0.3, 0.4) is 0 Å². The molecule has 0 radical (unpaired) electrons. The molecule has 1 unspecified atom stereocenters. The first-order valence-corrected chi connectivity index (χ1v) is 5.83. The minimum absolute atomic E-state index is 0.257. The molecule has 0 bridgehead atoms. The first kappa shape index (κ1) is 11.3. The molecule has 0 aliphatic heterocycles. The zero-order valence-electron chi connectivity index (χ0n) is 9.39. The molecule has 1 atom stereocenters. The van der Waals surface area contributed by atoms with Crippen molar-refractivity contribution in [2.45, 2.75) is 6.04 Å². The molecule has 4 nitrogen and oxygen atoms in total. The van der Waals surface area contributed by atoms with E-state index in [2.05, 4.69) is 5.43 Å². The van der Waals surface area contributed by atoms with Crippen LogP contribution in [-0.2, 0) is 0 Å². The van der Waals surface area contributed by atoms with Gasteiger partial charge < -0.3 is 8.83 Å². The summed E-state index contributed by atoms with van der Waals surface area (Å²) in [5, 5.41) is 1.53. The lowest BCUT2D eigenvalue weighted by Crippen LogP contribution is -2.28. The van der Waals surface area contributed by atoms with Crippen molar-refractivity contribution in [3.63, 3.8) is 0 Å². The Kier molecular flexibility index (Phi) is 2.83. The molecule has 0 saturated carbocycles. The van der Waals surface area contributed by atoms with Gasteiger partial charge in [0.15, 0.2) is 5.58 Å². The fourth-order valence-corrected chi connectivity index (χ4v) is 2.19. The number of nitrogens with one attached hydrogen (secondary N) is 1. The van der Waals surface area contributed by atoms with Crippen molar-refractivity contribution in [1.82, 2.24) is 5.43 Å². The van der Waals surface area contributed by atoms with Gasteiger partial charge in [0.05, 0.1) is 17.5 Å². The van der Waals surface area contributed by atoms with Crippen LogP contribution in [0.2, 0.25) is 5.02 Å². The van der Waals surface area contributed by atoms with Crippen molar-refractivity contribution < 1.29 is 8.83 Å². The third kappa shape index (κ3) is 1.80. The first-order valence-electron chi connectivity index (χ1n) is 5.46. The monoisotopic (exact) mass is 262 g/mol. The van der Waals surface area contributed by atoms with Gasteiger partial charge in [0.25, 0.3) is 0 Å². The average Bonchev–Trinajstić information content (AvgIpc) is 3.00. The molecule has 5 heteroatoms. The zero-order chi connectivity index (χ0) is 12.5. The Hall–Kier alpha value is -1.75. The molecule has 1 aromatic carbocycles. The molecule has 0 saturated heterocycles. The molecule has 2 aromatic heterocycles. The van der Waals surface area contributed by atoms with Crippen LogP contribution in [0.5, 0.6) is 0 Å². The van der Waals surface area contributed by atoms with Crippen LogP contribution < -0.4 is 11.3 Å². The molecule has 2 heterocycles. The molecule has 0 aliphatic rings. The molecule has 92 valence electrons. The van der Waals surface area contributed by atoms with Gasteiger partial charge in [-0.1, -0.05) is 23.7 Å². The van der Waals surface area contributed by atoms with Gasteiger partial charge in [-0.2, -0.15) is 0 Å². The van der Waals surface area contributed by atoms with Crippen molar-refractivity contribution in [1.29, 1.82) is 0 Å². The summed E-state index contributed by atoms with van der Waals surface area (Å²) >= 11 is 6.08. The summed E-state index contributed by atoms with van der Waals surface area (Å²) in [5.41, 5.74) is 4.27. The van der Waals surface area contributed by atoms with Gasteiger partial charge in [0.1, 0.15) is 11.8 Å². The summed E-state index contributed by atoms with van der Waals surface area (Å²) in [6.07, 6.45) is 3.22. The van der Waals surface area contributed by atoms with E-state index in [9.17, 15) is 0 Å². The molecular formula is C13H11ClN2O2. The second kappa shape index (κ2) is 4.49. The minimum Gasteiger partial charge on any atom is -0.472 e. The van der Waals surface area contributed by atoms with E-state index >= 15 is 0 Å². The van der Waals surface area contributed by atoms with Gasteiger partial charge in [-0.15, -0.1) is 0 Å². The Morgan fingerprint density at radius 2 is 2.17 bits per heavy atom. The van der Waals surface area contributed by atoms with E-state index in [-0.39, 0.29) is 6.04 Å². The van der Waals surface area contributed by atoms with Gasteiger partial charge in [-0.25, -0.2) is 5.43 Å². The molecule has 18 heavy (non-hydrogen) atoms. The zero-order valence-corrected chi connectivity index (χ0v) is 10.1. The Balaban J connectivity index is 2.11. The lowest BCUT2D eigenvalue weighted by Gasteiger charge is -2.10. The summed E-state index contributed by atoms with van der Waals surface area (Å²) in [7, 11) is 0. The molecule has 0 fully saturated rings. The highest BCUT2D eigenvalue weighted by atomic mass is 35.5. The summed E-state index contributed by atoms with van der Waals surface area (Å²) in [5.74, 6) is 6.27. The third-order valence-electron chi connectivity index (χ3n) is 2.84. The predicted molar refractivity (Wildman–Crippen MR) is 69.1 cm³/mol. The van der Waals surface area contributed by atoms with E-state index in [0.29, 0.717) is 16.4 Å². The van der Waals surface area contributed by atoms with E-state index in [0.717, 1.165) is 10.9 Å². The fourth-order valence-electron chi connectivity index (χ4n) is 1.97. The minimum atomic E-state index is -0.257. The van der Waals surface area contributed by atoms with Crippen LogP contribution in [0.1, 0.15) is 17.4 Å². The third-order valence-corrected chi connectivity index (χ3v) is 3.14. The van der Waals surface area contributed by atoms with Crippen molar-refractivity contribution in [2.75, 3.05) is 0 Å². The maximum atomic E-state index is 6.08. The summed E-state index contributed by atoms with van der Waals surface area (Å²) in [6.45, 7) is 0. The van der Waals surface area contributed by atoms with Crippen LogP contribution >= 0.6 is 11.6 Å². The largest absolute Gasteiger partial charge is 0.472 e. The molecule has 3 aromatic rings. The smallest absolute Gasteiger partial charge is 0.152 e. The van der Waals surface area contributed by atoms with Gasteiger partial charge in [-0.05, 0) is 18.2 Å². The van der Waals surface area contributed by atoms with Crippen LogP contribution in [0.15, 0.2) is 51.7 Å². The number of halogens is 1. The number of para-hydroxylation sites is 1. The number of hydrogen-bond donors (Lipinski definition) is 2. The van der Waals surface area contributed by atoms with Gasteiger partial charge in [0.2, 0.25) is 0 Å². The summed E-state index contributed by atoms with van der Waals surface area (Å²) < 4.78 is 10.8. The summed E-state index contributed by atoms with van der Waals surface area (Å²) in [6, 6.07) is 9.11. The van der Waals surface area contributed by atoms with E-state index < -0.39 is 0 Å². The molecule has 0 amide bonds. The van der Waals surface area contributed by atoms with Crippen LogP contribution in [0, 0.1) is 0 Å². The number of rotatable bonds is 3. The highest BCUT2D eigenvalue weighted by Crippen LogP contribution is 2.31. The van der Waals surface area contributed by atoms with Crippen LogP contribution in [0.4, 0.5) is 0 Å². The van der Waals surface area contributed by atoms with Gasteiger partial charge in [-0.3, -0.25) is 5.84 Å². The highest BCUT2D eigenvalue weighted by molar-refractivity contribution is 6.34. The Labute approximate surface area is 108 Å². The lowest BCUT2D eigenvalue weighted by molar-refractivity contribution is 0.472. The van der Waals surface area contributed by atoms with Crippen molar-refractivity contribution >= 4 is 22.6 Å². The number of benzene rings is 1. The first-order chi connectivity index (χ1) is 8.79. The second-order valence-electron chi connectivity index (χ2n) is 3.96. The van der Waals surface area contributed by atoms with E-state index in [4.69, 9.17) is 26.3 Å². The normalized spacial score (nSPS) is 13.0. The van der Waals surface area contributed by atoms with Gasteiger partial charge >= 0.3 is 0 Å². The Morgan fingerprint density at radius 1 is 1.28 bits per heavy atom. The van der Waals surface area contributed by atoms with E-state index in [1.54, 1.807) is 18.6 Å². The number of hydrazine groups is 1. The predicted octanol–water partition coefficient (Wildman–Crippen LogP) is 3.23. The quantitative estimate of drug-likeness (QED) is 0.562. The average molecular weight is 263 g/mol. The van der Waals surface area contributed by atoms with Gasteiger partial charge in [0, 0.05) is 10.9 Å². The Bertz CT molecular complexity index is 661. The molecule has 3 N–H and O–H groups in total. The number of furan rings is 2. The van der Waals surface area contributed by atoms with Crippen LogP contribution in [0.25, 0.3) is 11.0 Å². The van der Waals surface area contributed by atoms with Crippen molar-refractivity contribution in [3.8, 4) is 0 Å². The standard InChI is InChI=1S/C13H11ClN2O2/c14-10-3-1-2-8-6-11(18-13(8)10)12(16-15)9-4-5-17-7-9/h1-7,12,16H,15H2. The summed E-state index contributed by atoms with van der Waals surface area (Å²) in [4.78, 5) is 0. The number of fused-ring (bicyclic) bond motifs is 1. The highest BCUT2D eigenvalue weighted by Gasteiger charge is 2.18. The molecule has 0 aliphatic carbocycles. The molecule has 3 rings (SSSR count). The van der Waals surface area contributed by atoms with Crippen LogP contribution in [-0.4, -0.2) is 0 Å². The number of nitrogens with two attached hydrogens (primary N) is 1. The molecular weight excluding hydrogens is 252 g/mol. The van der Waals surface area contributed by atoms with E-state index in [1.165, 1.54) is 0 Å². The number of hydrogen-bond acceptors (Lipinski definition) is 4. The maximum Gasteiger partial charge on any atom is 0.152 e. The van der Waals surface area contributed by atoms with E-state index in [1.807, 2.05) is 24.3 Å². The fraction of sp³-hybridized carbons (Fsp3) is 0.0769. The lowest BCUT2D eigenvalue weighted by atomic mass is 10.1. The topological polar surface area (TPSA) is 64.3 Å². The SMILES string of the molecule is NNC(c1ccoc1)c1cc2cccc(Cl)c2o1. The van der Waals surface area contributed by atoms with Crippen molar-refractivity contribution in [2.24, 2.45) is 5.84 Å².